The van der Waals surface area contributed by atoms with Gasteiger partial charge in [-0.05, 0) is 36.9 Å². The molecule has 0 saturated carbocycles. The summed E-state index contributed by atoms with van der Waals surface area (Å²) in [6.07, 6.45) is 1.09. The van der Waals surface area contributed by atoms with Crippen LogP contribution in [0.4, 0.5) is 5.82 Å². The molecule has 84 valence electrons. The zero-order chi connectivity index (χ0) is 11.4. The van der Waals surface area contributed by atoms with E-state index in [1.807, 2.05) is 24.3 Å². The Bertz CT molecular complexity index is 437. The van der Waals surface area contributed by atoms with E-state index in [4.69, 9.17) is 0 Å². The molecule has 0 aromatic carbocycles. The number of aryl methyl sites for hydroxylation is 1. The van der Waals surface area contributed by atoms with Gasteiger partial charge in [-0.15, -0.1) is 11.3 Å². The second kappa shape index (κ2) is 5.12. The van der Waals surface area contributed by atoms with Crippen molar-refractivity contribution in [3.63, 3.8) is 0 Å². The molecule has 0 aliphatic carbocycles. The van der Waals surface area contributed by atoms with Crippen LogP contribution in [0.3, 0.4) is 0 Å². The molecule has 2 nitrogen and oxygen atoms in total. The third-order valence-corrected chi connectivity index (χ3v) is 3.47. The zero-order valence-electron chi connectivity index (χ0n) is 9.68. The van der Waals surface area contributed by atoms with Gasteiger partial charge in [-0.1, -0.05) is 12.1 Å². The number of nitrogens with zero attached hydrogens (tertiary/aromatic N) is 2. The van der Waals surface area contributed by atoms with Gasteiger partial charge in [-0.3, -0.25) is 0 Å². The molecule has 0 fully saturated rings. The highest BCUT2D eigenvalue weighted by molar-refractivity contribution is 7.09. The first kappa shape index (κ1) is 11.1. The lowest BCUT2D eigenvalue weighted by atomic mass is 10.3. The summed E-state index contributed by atoms with van der Waals surface area (Å²) < 4.78 is 0. The summed E-state index contributed by atoms with van der Waals surface area (Å²) in [5.74, 6) is 1.05. The standard InChI is InChI=1S/C13H16N2S/c1-11-5-3-7-13(14-11)15(2)9-8-12-6-4-10-16-12/h3-7,10H,8-9H2,1-2H3. The maximum atomic E-state index is 4.50. The molecule has 2 heterocycles. The van der Waals surface area contributed by atoms with Gasteiger partial charge in [0, 0.05) is 24.2 Å². The summed E-state index contributed by atoms with van der Waals surface area (Å²) >= 11 is 1.82. The fraction of sp³-hybridized carbons (Fsp3) is 0.308. The van der Waals surface area contributed by atoms with E-state index in [1.165, 1.54) is 4.88 Å². The van der Waals surface area contributed by atoms with E-state index in [0.29, 0.717) is 0 Å². The van der Waals surface area contributed by atoms with Crippen molar-refractivity contribution in [2.45, 2.75) is 13.3 Å². The van der Waals surface area contributed by atoms with Gasteiger partial charge in [0.2, 0.25) is 0 Å². The number of aromatic nitrogens is 1. The van der Waals surface area contributed by atoms with Crippen LogP contribution >= 0.6 is 11.3 Å². The highest BCUT2D eigenvalue weighted by atomic mass is 32.1. The number of rotatable bonds is 4. The van der Waals surface area contributed by atoms with E-state index in [-0.39, 0.29) is 0 Å². The molecular formula is C13H16N2S. The molecule has 0 saturated heterocycles. The van der Waals surface area contributed by atoms with Gasteiger partial charge in [0.05, 0.1) is 0 Å². The van der Waals surface area contributed by atoms with Gasteiger partial charge in [0.15, 0.2) is 0 Å². The number of thiophene rings is 1. The predicted molar refractivity (Wildman–Crippen MR) is 70.3 cm³/mol. The maximum Gasteiger partial charge on any atom is 0.128 e. The SMILES string of the molecule is Cc1cccc(N(C)CCc2cccs2)n1. The van der Waals surface area contributed by atoms with E-state index >= 15 is 0 Å². The third-order valence-electron chi connectivity index (χ3n) is 2.54. The number of likely N-dealkylation sites (N-methyl/N-ethyl adjacent to an activating group) is 1. The summed E-state index contributed by atoms with van der Waals surface area (Å²) in [5.41, 5.74) is 1.07. The van der Waals surface area contributed by atoms with Crippen LogP contribution in [0.2, 0.25) is 0 Å². The molecule has 2 aromatic heterocycles. The van der Waals surface area contributed by atoms with Gasteiger partial charge >= 0.3 is 0 Å². The minimum Gasteiger partial charge on any atom is -0.359 e. The molecular weight excluding hydrogens is 216 g/mol. The van der Waals surface area contributed by atoms with E-state index in [9.17, 15) is 0 Å². The van der Waals surface area contributed by atoms with Crippen LogP contribution in [0.5, 0.6) is 0 Å². The lowest BCUT2D eigenvalue weighted by molar-refractivity contribution is 0.865. The zero-order valence-corrected chi connectivity index (χ0v) is 10.5. The Kier molecular flexibility index (Phi) is 3.57. The quantitative estimate of drug-likeness (QED) is 0.805. The van der Waals surface area contributed by atoms with E-state index < -0.39 is 0 Å². The molecule has 0 amide bonds. The first-order valence-electron chi connectivity index (χ1n) is 5.43. The lowest BCUT2D eigenvalue weighted by Crippen LogP contribution is -2.21. The van der Waals surface area contributed by atoms with Gasteiger partial charge in [-0.25, -0.2) is 4.98 Å². The van der Waals surface area contributed by atoms with Crippen molar-refractivity contribution in [1.29, 1.82) is 0 Å². The molecule has 3 heteroatoms. The van der Waals surface area contributed by atoms with E-state index in [2.05, 4.69) is 46.6 Å². The highest BCUT2D eigenvalue weighted by Gasteiger charge is 2.02. The molecule has 2 rings (SSSR count). The fourth-order valence-electron chi connectivity index (χ4n) is 1.59. The van der Waals surface area contributed by atoms with Crippen LogP contribution in [-0.2, 0) is 6.42 Å². The molecule has 2 aromatic rings. The Labute approximate surface area is 101 Å². The fourth-order valence-corrected chi connectivity index (χ4v) is 2.29. The van der Waals surface area contributed by atoms with E-state index in [1.54, 1.807) is 0 Å². The van der Waals surface area contributed by atoms with Crippen LogP contribution in [0.25, 0.3) is 0 Å². The Morgan fingerprint density at radius 1 is 1.25 bits per heavy atom. The normalized spacial score (nSPS) is 10.4. The van der Waals surface area contributed by atoms with Crippen molar-refractivity contribution in [1.82, 2.24) is 4.98 Å². The average Bonchev–Trinajstić information content (AvgIpc) is 2.78. The number of pyridine rings is 1. The van der Waals surface area contributed by atoms with Crippen LogP contribution < -0.4 is 4.90 Å². The van der Waals surface area contributed by atoms with Crippen LogP contribution in [-0.4, -0.2) is 18.6 Å². The molecule has 16 heavy (non-hydrogen) atoms. The Morgan fingerprint density at radius 2 is 2.12 bits per heavy atom. The first-order valence-corrected chi connectivity index (χ1v) is 6.31. The monoisotopic (exact) mass is 232 g/mol. The van der Waals surface area contributed by atoms with Crippen molar-refractivity contribution in [2.24, 2.45) is 0 Å². The van der Waals surface area contributed by atoms with Crippen molar-refractivity contribution in [3.05, 3.63) is 46.3 Å². The molecule has 0 bridgehead atoms. The third kappa shape index (κ3) is 2.83. The van der Waals surface area contributed by atoms with Gasteiger partial charge in [0.25, 0.3) is 0 Å². The minimum absolute atomic E-state index is 1.01. The minimum atomic E-state index is 1.01. The molecule has 0 aliphatic heterocycles. The van der Waals surface area contributed by atoms with Gasteiger partial charge in [0.1, 0.15) is 5.82 Å². The van der Waals surface area contributed by atoms with E-state index in [0.717, 1.165) is 24.5 Å². The molecule has 0 atom stereocenters. The lowest BCUT2D eigenvalue weighted by Gasteiger charge is -2.17. The average molecular weight is 232 g/mol. The van der Waals surface area contributed by atoms with Crippen molar-refractivity contribution < 1.29 is 0 Å². The smallest absolute Gasteiger partial charge is 0.128 e. The topological polar surface area (TPSA) is 16.1 Å². The first-order chi connectivity index (χ1) is 7.75. The molecule has 0 N–H and O–H groups in total. The summed E-state index contributed by atoms with van der Waals surface area (Å²) in [6.45, 7) is 3.04. The summed E-state index contributed by atoms with van der Waals surface area (Å²) in [4.78, 5) is 8.13. The second-order valence-corrected chi connectivity index (χ2v) is 4.92. The maximum absolute atomic E-state index is 4.50. The summed E-state index contributed by atoms with van der Waals surface area (Å²) in [6, 6.07) is 10.4. The van der Waals surface area contributed by atoms with Gasteiger partial charge < -0.3 is 4.90 Å². The number of anilines is 1. The molecule has 0 unspecified atom stereocenters. The molecule has 0 radical (unpaired) electrons. The second-order valence-electron chi connectivity index (χ2n) is 3.89. The highest BCUT2D eigenvalue weighted by Crippen LogP contribution is 2.13. The Hall–Kier alpha value is -1.35. The van der Waals surface area contributed by atoms with Crippen molar-refractivity contribution in [2.75, 3.05) is 18.5 Å². The van der Waals surface area contributed by atoms with Gasteiger partial charge in [-0.2, -0.15) is 0 Å². The largest absolute Gasteiger partial charge is 0.359 e. The van der Waals surface area contributed by atoms with Crippen LogP contribution in [0, 0.1) is 6.92 Å². The van der Waals surface area contributed by atoms with Crippen LogP contribution in [0.1, 0.15) is 10.6 Å². The van der Waals surface area contributed by atoms with Crippen molar-refractivity contribution in [3.8, 4) is 0 Å². The Balaban J connectivity index is 1.95. The summed E-state index contributed by atoms with van der Waals surface area (Å²) in [7, 11) is 2.09. The van der Waals surface area contributed by atoms with Crippen molar-refractivity contribution >= 4 is 17.2 Å². The molecule has 0 aliphatic rings. The van der Waals surface area contributed by atoms with Crippen LogP contribution in [0.15, 0.2) is 35.7 Å². The summed E-state index contributed by atoms with van der Waals surface area (Å²) in [5, 5.41) is 2.13. The number of hydrogen-bond donors (Lipinski definition) is 0. The Morgan fingerprint density at radius 3 is 2.81 bits per heavy atom. The number of hydrogen-bond acceptors (Lipinski definition) is 3. The molecule has 0 spiro atoms. The predicted octanol–water partition coefficient (Wildman–Crippen LogP) is 3.13.